The van der Waals surface area contributed by atoms with Crippen molar-refractivity contribution in [2.45, 2.75) is 19.8 Å². The summed E-state index contributed by atoms with van der Waals surface area (Å²) in [6.07, 6.45) is 5.46. The average Bonchev–Trinajstić information content (AvgIpc) is 2.07. The van der Waals surface area contributed by atoms with E-state index >= 15 is 0 Å². The first-order valence-electron chi connectivity index (χ1n) is 4.26. The quantitative estimate of drug-likeness (QED) is 0.580. The fraction of sp³-hybridized carbons (Fsp3) is 0.333. The molecular weight excluding hydrogens is 144 g/mol. The van der Waals surface area contributed by atoms with Crippen molar-refractivity contribution in [2.75, 3.05) is 0 Å². The van der Waals surface area contributed by atoms with Crippen LogP contribution in [0.2, 0.25) is 0 Å². The maximum atomic E-state index is 5.46. The first kappa shape index (κ1) is 8.87. The zero-order chi connectivity index (χ0) is 8.97. The molecular formula is C12H14. The first-order valence-corrected chi connectivity index (χ1v) is 4.26. The Hall–Kier alpha value is -1.22. The van der Waals surface area contributed by atoms with Crippen molar-refractivity contribution in [2.24, 2.45) is 5.92 Å². The largest absolute Gasteiger partial charge is 0.119 e. The second-order valence-electron chi connectivity index (χ2n) is 3.30. The van der Waals surface area contributed by atoms with Gasteiger partial charge in [-0.05, 0) is 11.5 Å². The highest BCUT2D eigenvalue weighted by Gasteiger charge is 2.11. The molecule has 62 valence electrons. The molecule has 0 amide bonds. The summed E-state index contributed by atoms with van der Waals surface area (Å²) in [5.41, 5.74) is 1.25. The van der Waals surface area contributed by atoms with E-state index in [0.29, 0.717) is 5.92 Å². The molecule has 0 bridgehead atoms. The Bertz CT molecular complexity index is 264. The molecule has 0 saturated carbocycles. The minimum Gasteiger partial charge on any atom is -0.119 e. The van der Waals surface area contributed by atoms with E-state index in [1.807, 2.05) is 18.2 Å². The van der Waals surface area contributed by atoms with Gasteiger partial charge in [0.25, 0.3) is 0 Å². The van der Waals surface area contributed by atoms with Crippen molar-refractivity contribution in [1.29, 1.82) is 0 Å². The van der Waals surface area contributed by atoms with Gasteiger partial charge in [0, 0.05) is 5.92 Å². The smallest absolute Gasteiger partial charge is 0.0472 e. The van der Waals surface area contributed by atoms with Crippen LogP contribution in [-0.2, 0) is 0 Å². The fourth-order valence-corrected chi connectivity index (χ4v) is 1.33. The van der Waals surface area contributed by atoms with E-state index in [0.717, 1.165) is 0 Å². The van der Waals surface area contributed by atoms with Crippen LogP contribution in [-0.4, -0.2) is 0 Å². The minimum absolute atomic E-state index is 0.256. The second-order valence-corrected chi connectivity index (χ2v) is 3.30. The Morgan fingerprint density at radius 2 is 1.75 bits per heavy atom. The van der Waals surface area contributed by atoms with E-state index in [1.54, 1.807) is 0 Å². The van der Waals surface area contributed by atoms with Crippen LogP contribution in [0.5, 0.6) is 0 Å². The number of rotatable bonds is 2. The Morgan fingerprint density at radius 1 is 1.17 bits per heavy atom. The molecule has 0 fully saturated rings. The summed E-state index contributed by atoms with van der Waals surface area (Å²) in [7, 11) is 0. The molecule has 0 aliphatic heterocycles. The van der Waals surface area contributed by atoms with E-state index in [4.69, 9.17) is 6.42 Å². The van der Waals surface area contributed by atoms with E-state index in [-0.39, 0.29) is 5.92 Å². The highest BCUT2D eigenvalue weighted by Crippen LogP contribution is 2.22. The molecule has 0 aromatic heterocycles. The summed E-state index contributed by atoms with van der Waals surface area (Å²) >= 11 is 0. The third-order valence-corrected chi connectivity index (χ3v) is 2.00. The minimum atomic E-state index is 0.256. The molecule has 0 aliphatic carbocycles. The predicted octanol–water partition coefficient (Wildman–Crippen LogP) is 3.06. The van der Waals surface area contributed by atoms with Crippen molar-refractivity contribution >= 4 is 0 Å². The molecule has 1 unspecified atom stereocenters. The Kier molecular flexibility index (Phi) is 2.94. The molecule has 1 atom stereocenters. The van der Waals surface area contributed by atoms with Gasteiger partial charge in [-0.2, -0.15) is 0 Å². The third-order valence-electron chi connectivity index (χ3n) is 2.00. The summed E-state index contributed by atoms with van der Waals surface area (Å²) < 4.78 is 0. The van der Waals surface area contributed by atoms with Gasteiger partial charge >= 0.3 is 0 Å². The molecule has 1 aromatic carbocycles. The normalized spacial score (nSPS) is 12.5. The Morgan fingerprint density at radius 3 is 2.17 bits per heavy atom. The zero-order valence-electron chi connectivity index (χ0n) is 7.62. The Balaban J connectivity index is 2.90. The van der Waals surface area contributed by atoms with Crippen molar-refractivity contribution in [1.82, 2.24) is 0 Å². The van der Waals surface area contributed by atoms with E-state index in [1.165, 1.54) is 5.56 Å². The van der Waals surface area contributed by atoms with Crippen LogP contribution in [0.3, 0.4) is 0 Å². The van der Waals surface area contributed by atoms with Gasteiger partial charge in [-0.15, -0.1) is 6.42 Å². The SMILES string of the molecule is C#CC(c1ccccc1)C(C)C. The number of terminal acetylenes is 1. The average molecular weight is 158 g/mol. The van der Waals surface area contributed by atoms with Gasteiger partial charge in [-0.3, -0.25) is 0 Å². The van der Waals surface area contributed by atoms with Crippen molar-refractivity contribution in [3.63, 3.8) is 0 Å². The summed E-state index contributed by atoms with van der Waals surface area (Å²) in [5.74, 6) is 3.58. The van der Waals surface area contributed by atoms with Gasteiger partial charge in [0.2, 0.25) is 0 Å². The van der Waals surface area contributed by atoms with Crippen molar-refractivity contribution < 1.29 is 0 Å². The summed E-state index contributed by atoms with van der Waals surface area (Å²) in [6.45, 7) is 4.30. The molecule has 0 radical (unpaired) electrons. The van der Waals surface area contributed by atoms with E-state index in [2.05, 4.69) is 31.9 Å². The molecule has 12 heavy (non-hydrogen) atoms. The standard InChI is InChI=1S/C12H14/c1-4-12(10(2)3)11-8-6-5-7-9-11/h1,5-10,12H,2-3H3. The molecule has 0 nitrogen and oxygen atoms in total. The topological polar surface area (TPSA) is 0 Å². The van der Waals surface area contributed by atoms with Gasteiger partial charge in [0.15, 0.2) is 0 Å². The molecule has 1 aromatic rings. The van der Waals surface area contributed by atoms with Crippen molar-refractivity contribution in [3.05, 3.63) is 35.9 Å². The molecule has 0 saturated heterocycles. The molecule has 0 aliphatic rings. The monoisotopic (exact) mass is 158 g/mol. The Labute approximate surface area is 74.6 Å². The second kappa shape index (κ2) is 3.97. The van der Waals surface area contributed by atoms with Crippen LogP contribution in [0.4, 0.5) is 0 Å². The summed E-state index contributed by atoms with van der Waals surface area (Å²) in [6, 6.07) is 10.2. The summed E-state index contributed by atoms with van der Waals surface area (Å²) in [5, 5.41) is 0. The highest BCUT2D eigenvalue weighted by molar-refractivity contribution is 5.26. The van der Waals surface area contributed by atoms with Gasteiger partial charge in [-0.1, -0.05) is 50.1 Å². The maximum absolute atomic E-state index is 5.46. The molecule has 1 rings (SSSR count). The van der Waals surface area contributed by atoms with Crippen molar-refractivity contribution in [3.8, 4) is 12.3 Å². The number of hydrogen-bond donors (Lipinski definition) is 0. The van der Waals surface area contributed by atoms with Gasteiger partial charge in [-0.25, -0.2) is 0 Å². The predicted molar refractivity (Wildman–Crippen MR) is 52.9 cm³/mol. The maximum Gasteiger partial charge on any atom is 0.0472 e. The zero-order valence-corrected chi connectivity index (χ0v) is 7.62. The van der Waals surface area contributed by atoms with Crippen LogP contribution >= 0.6 is 0 Å². The van der Waals surface area contributed by atoms with Crippen LogP contribution in [0, 0.1) is 18.3 Å². The number of benzene rings is 1. The van der Waals surface area contributed by atoms with Gasteiger partial charge < -0.3 is 0 Å². The summed E-state index contributed by atoms with van der Waals surface area (Å²) in [4.78, 5) is 0. The van der Waals surface area contributed by atoms with Crippen LogP contribution in [0.1, 0.15) is 25.3 Å². The van der Waals surface area contributed by atoms with Crippen LogP contribution < -0.4 is 0 Å². The van der Waals surface area contributed by atoms with E-state index in [9.17, 15) is 0 Å². The first-order chi connectivity index (χ1) is 5.75. The lowest BCUT2D eigenvalue weighted by Gasteiger charge is -2.14. The van der Waals surface area contributed by atoms with Gasteiger partial charge in [0.05, 0.1) is 0 Å². The number of hydrogen-bond acceptors (Lipinski definition) is 0. The fourth-order valence-electron chi connectivity index (χ4n) is 1.33. The molecule has 0 heterocycles. The lowest BCUT2D eigenvalue weighted by atomic mass is 9.89. The molecule has 0 spiro atoms. The highest BCUT2D eigenvalue weighted by atomic mass is 14.1. The third kappa shape index (κ3) is 1.89. The lowest BCUT2D eigenvalue weighted by molar-refractivity contribution is 0.592. The van der Waals surface area contributed by atoms with Crippen LogP contribution in [0.15, 0.2) is 30.3 Å². The van der Waals surface area contributed by atoms with Crippen LogP contribution in [0.25, 0.3) is 0 Å². The molecule has 0 heteroatoms. The molecule has 0 N–H and O–H groups in total. The van der Waals surface area contributed by atoms with Gasteiger partial charge in [0.1, 0.15) is 0 Å². The van der Waals surface area contributed by atoms with E-state index < -0.39 is 0 Å². The lowest BCUT2D eigenvalue weighted by Crippen LogP contribution is -2.03.